The third-order valence-corrected chi connectivity index (χ3v) is 2.94. The van der Waals surface area contributed by atoms with Crippen molar-refractivity contribution in [2.75, 3.05) is 12.4 Å². The Bertz CT molecular complexity index is 622. The molecular formula is C12H10BrF2N3O. The predicted molar refractivity (Wildman–Crippen MR) is 70.7 cm³/mol. The number of benzene rings is 1. The lowest BCUT2D eigenvalue weighted by atomic mass is 10.2. The van der Waals surface area contributed by atoms with E-state index in [4.69, 9.17) is 4.74 Å². The van der Waals surface area contributed by atoms with Gasteiger partial charge in [0.2, 0.25) is 11.8 Å². The highest BCUT2D eigenvalue weighted by Gasteiger charge is 2.10. The predicted octanol–water partition coefficient (Wildman–Crippen LogP) is 3.58. The molecule has 1 aromatic carbocycles. The lowest BCUT2D eigenvalue weighted by Gasteiger charge is -2.09. The molecule has 0 saturated heterocycles. The summed E-state index contributed by atoms with van der Waals surface area (Å²) in [5.74, 6) is -0.676. The van der Waals surface area contributed by atoms with Gasteiger partial charge in [-0.05, 0) is 34.5 Å². The zero-order valence-electron chi connectivity index (χ0n) is 10.2. The first-order chi connectivity index (χ1) is 9.01. The highest BCUT2D eigenvalue weighted by atomic mass is 79.9. The molecule has 7 heteroatoms. The van der Waals surface area contributed by atoms with Crippen molar-refractivity contribution < 1.29 is 13.5 Å². The van der Waals surface area contributed by atoms with Crippen LogP contribution in [-0.4, -0.2) is 17.1 Å². The molecule has 0 atom stereocenters. The molecule has 1 heterocycles. The molecule has 0 aliphatic carbocycles. The van der Waals surface area contributed by atoms with E-state index in [1.54, 1.807) is 0 Å². The van der Waals surface area contributed by atoms with Gasteiger partial charge in [0, 0.05) is 6.07 Å². The van der Waals surface area contributed by atoms with Gasteiger partial charge in [-0.25, -0.2) is 13.8 Å². The van der Waals surface area contributed by atoms with E-state index < -0.39 is 11.6 Å². The summed E-state index contributed by atoms with van der Waals surface area (Å²) in [4.78, 5) is 7.94. The number of halogens is 3. The van der Waals surface area contributed by atoms with E-state index in [-0.39, 0.29) is 17.2 Å². The maximum atomic E-state index is 13.7. The Morgan fingerprint density at radius 2 is 2.00 bits per heavy atom. The second-order valence-electron chi connectivity index (χ2n) is 3.76. The van der Waals surface area contributed by atoms with Crippen LogP contribution in [0.15, 0.2) is 22.8 Å². The van der Waals surface area contributed by atoms with Crippen molar-refractivity contribution in [3.63, 3.8) is 0 Å². The number of hydrogen-bond donors (Lipinski definition) is 1. The number of nitrogens with zero attached hydrogens (tertiary/aromatic N) is 2. The summed E-state index contributed by atoms with van der Waals surface area (Å²) in [5, 5.41) is 2.60. The number of nitrogens with one attached hydrogen (secondary N) is 1. The lowest BCUT2D eigenvalue weighted by Crippen LogP contribution is -2.02. The molecule has 0 aliphatic rings. The third kappa shape index (κ3) is 2.98. The summed E-state index contributed by atoms with van der Waals surface area (Å²) < 4.78 is 32.6. The smallest absolute Gasteiger partial charge is 0.232 e. The molecule has 1 aromatic heterocycles. The van der Waals surface area contributed by atoms with Gasteiger partial charge in [-0.3, -0.25) is 0 Å². The van der Waals surface area contributed by atoms with Crippen LogP contribution in [0.2, 0.25) is 0 Å². The molecule has 19 heavy (non-hydrogen) atoms. The topological polar surface area (TPSA) is 47.0 Å². The van der Waals surface area contributed by atoms with Gasteiger partial charge in [-0.2, -0.15) is 4.98 Å². The van der Waals surface area contributed by atoms with E-state index in [0.29, 0.717) is 10.4 Å². The number of methoxy groups -OCH3 is 1. The lowest BCUT2D eigenvalue weighted by molar-refractivity contribution is 0.394. The Kier molecular flexibility index (Phi) is 3.94. The quantitative estimate of drug-likeness (QED) is 0.934. The Hall–Kier alpha value is -1.76. The summed E-state index contributed by atoms with van der Waals surface area (Å²) in [6.45, 7) is 1.49. The molecule has 0 saturated carbocycles. The zero-order chi connectivity index (χ0) is 14.0. The average Bonchev–Trinajstić information content (AvgIpc) is 2.38. The van der Waals surface area contributed by atoms with E-state index in [1.165, 1.54) is 20.2 Å². The summed E-state index contributed by atoms with van der Waals surface area (Å²) in [6, 6.07) is 2.16. The van der Waals surface area contributed by atoms with Crippen LogP contribution in [0.25, 0.3) is 0 Å². The van der Waals surface area contributed by atoms with Gasteiger partial charge >= 0.3 is 0 Å². The average molecular weight is 330 g/mol. The fraction of sp³-hybridized carbons (Fsp3) is 0.167. The Labute approximate surface area is 117 Å². The molecule has 0 amide bonds. The minimum absolute atomic E-state index is 0.0347. The van der Waals surface area contributed by atoms with E-state index in [2.05, 4.69) is 31.2 Å². The molecule has 0 spiro atoms. The molecule has 100 valence electrons. The molecule has 0 bridgehead atoms. The van der Waals surface area contributed by atoms with Crippen molar-refractivity contribution in [1.29, 1.82) is 0 Å². The van der Waals surface area contributed by atoms with Crippen molar-refractivity contribution in [3.8, 4) is 5.88 Å². The Morgan fingerprint density at radius 3 is 2.68 bits per heavy atom. The van der Waals surface area contributed by atoms with Crippen molar-refractivity contribution >= 4 is 27.6 Å². The van der Waals surface area contributed by atoms with Crippen LogP contribution in [0.1, 0.15) is 5.56 Å². The molecule has 1 N–H and O–H groups in total. The van der Waals surface area contributed by atoms with E-state index in [9.17, 15) is 8.78 Å². The van der Waals surface area contributed by atoms with Crippen LogP contribution < -0.4 is 10.1 Å². The standard InChI is InChI=1S/C12H10BrF2N3O/c1-6-3-9(15)10(4-8(6)14)17-12-16-5-7(13)11(18-12)19-2/h3-5H,1-2H3,(H,16,17,18). The Balaban J connectivity index is 2.33. The fourth-order valence-corrected chi connectivity index (χ4v) is 1.77. The van der Waals surface area contributed by atoms with E-state index in [1.807, 2.05) is 0 Å². The van der Waals surface area contributed by atoms with Gasteiger partial charge in [0.15, 0.2) is 0 Å². The fourth-order valence-electron chi connectivity index (χ4n) is 1.42. The number of rotatable bonds is 3. The highest BCUT2D eigenvalue weighted by Crippen LogP contribution is 2.25. The van der Waals surface area contributed by atoms with Crippen molar-refractivity contribution in [3.05, 3.63) is 40.0 Å². The maximum absolute atomic E-state index is 13.7. The van der Waals surface area contributed by atoms with Crippen LogP contribution in [0.5, 0.6) is 5.88 Å². The first-order valence-electron chi connectivity index (χ1n) is 5.30. The van der Waals surface area contributed by atoms with Crippen LogP contribution in [-0.2, 0) is 0 Å². The molecular weight excluding hydrogens is 320 g/mol. The van der Waals surface area contributed by atoms with Crippen molar-refractivity contribution in [1.82, 2.24) is 9.97 Å². The summed E-state index contributed by atoms with van der Waals surface area (Å²) in [5.41, 5.74) is 0.199. The monoisotopic (exact) mass is 329 g/mol. The van der Waals surface area contributed by atoms with Crippen LogP contribution in [0.4, 0.5) is 20.4 Å². The van der Waals surface area contributed by atoms with Gasteiger partial charge < -0.3 is 10.1 Å². The summed E-state index contributed by atoms with van der Waals surface area (Å²) >= 11 is 3.20. The van der Waals surface area contributed by atoms with Gasteiger partial charge in [-0.1, -0.05) is 0 Å². The number of aromatic nitrogens is 2. The minimum atomic E-state index is -0.579. The molecule has 0 fully saturated rings. The molecule has 2 rings (SSSR count). The normalized spacial score (nSPS) is 10.4. The number of ether oxygens (including phenoxy) is 1. The van der Waals surface area contributed by atoms with E-state index >= 15 is 0 Å². The van der Waals surface area contributed by atoms with Crippen LogP contribution >= 0.6 is 15.9 Å². The third-order valence-electron chi connectivity index (χ3n) is 2.40. The van der Waals surface area contributed by atoms with Gasteiger partial charge in [0.1, 0.15) is 11.6 Å². The highest BCUT2D eigenvalue weighted by molar-refractivity contribution is 9.10. The zero-order valence-corrected chi connectivity index (χ0v) is 11.8. The number of hydrogen-bond acceptors (Lipinski definition) is 4. The molecule has 4 nitrogen and oxygen atoms in total. The maximum Gasteiger partial charge on any atom is 0.232 e. The van der Waals surface area contributed by atoms with Crippen molar-refractivity contribution in [2.45, 2.75) is 6.92 Å². The second kappa shape index (κ2) is 5.48. The molecule has 0 radical (unpaired) electrons. The summed E-state index contributed by atoms with van der Waals surface area (Å²) in [6.07, 6.45) is 1.45. The number of aryl methyl sites for hydroxylation is 1. The largest absolute Gasteiger partial charge is 0.480 e. The minimum Gasteiger partial charge on any atom is -0.480 e. The molecule has 0 aliphatic heterocycles. The molecule has 0 unspecified atom stereocenters. The SMILES string of the molecule is COc1nc(Nc2cc(F)c(C)cc2F)ncc1Br. The van der Waals surface area contributed by atoms with Crippen LogP contribution in [0.3, 0.4) is 0 Å². The van der Waals surface area contributed by atoms with Gasteiger partial charge in [0.25, 0.3) is 0 Å². The second-order valence-corrected chi connectivity index (χ2v) is 4.61. The van der Waals surface area contributed by atoms with Gasteiger partial charge in [0.05, 0.1) is 23.5 Å². The Morgan fingerprint density at radius 1 is 1.26 bits per heavy atom. The van der Waals surface area contributed by atoms with E-state index in [0.717, 1.165) is 12.1 Å². The van der Waals surface area contributed by atoms with Gasteiger partial charge in [-0.15, -0.1) is 0 Å². The summed E-state index contributed by atoms with van der Waals surface area (Å²) in [7, 11) is 1.45. The first kappa shape index (κ1) is 13.7. The first-order valence-corrected chi connectivity index (χ1v) is 6.09. The van der Waals surface area contributed by atoms with Crippen LogP contribution in [0, 0.1) is 18.6 Å². The number of anilines is 2. The molecule has 2 aromatic rings. The van der Waals surface area contributed by atoms with Crippen molar-refractivity contribution in [2.24, 2.45) is 0 Å².